The molecule has 0 aromatic carbocycles. The fourth-order valence-electron chi connectivity index (χ4n) is 1.89. The van der Waals surface area contributed by atoms with Crippen LogP contribution >= 0.6 is 0 Å². The lowest BCUT2D eigenvalue weighted by atomic mass is 10.0. The summed E-state index contributed by atoms with van der Waals surface area (Å²) in [5.41, 5.74) is 3.68. The Morgan fingerprint density at radius 1 is 1.43 bits per heavy atom. The van der Waals surface area contributed by atoms with Gasteiger partial charge < -0.3 is 10.6 Å². The second-order valence-corrected chi connectivity index (χ2v) is 3.60. The van der Waals surface area contributed by atoms with Crippen LogP contribution in [0, 0.1) is 6.92 Å². The second-order valence-electron chi connectivity index (χ2n) is 3.60. The predicted molar refractivity (Wildman–Crippen MR) is 54.9 cm³/mol. The number of rotatable bonds is 2. The second kappa shape index (κ2) is 4.02. The van der Waals surface area contributed by atoms with Crippen molar-refractivity contribution in [3.63, 3.8) is 0 Å². The molecule has 0 spiro atoms. The van der Waals surface area contributed by atoms with E-state index >= 15 is 0 Å². The predicted octanol–water partition coefficient (Wildman–Crippen LogP) is 0.150. The van der Waals surface area contributed by atoms with Gasteiger partial charge in [0.2, 0.25) is 0 Å². The van der Waals surface area contributed by atoms with Crippen molar-refractivity contribution in [3.8, 4) is 0 Å². The monoisotopic (exact) mass is 192 g/mol. The summed E-state index contributed by atoms with van der Waals surface area (Å²) in [6.45, 7) is 4.71. The van der Waals surface area contributed by atoms with Crippen LogP contribution in [0.15, 0.2) is 0 Å². The van der Waals surface area contributed by atoms with Crippen LogP contribution in [-0.2, 0) is 19.5 Å². The minimum Gasteiger partial charge on any atom is -0.314 e. The molecule has 0 radical (unpaired) electrons. The molecular weight excluding hydrogens is 176 g/mol. The van der Waals surface area contributed by atoms with E-state index < -0.39 is 0 Å². The van der Waals surface area contributed by atoms with E-state index in [2.05, 4.69) is 20.6 Å². The summed E-state index contributed by atoms with van der Waals surface area (Å²) in [6, 6.07) is 0. The van der Waals surface area contributed by atoms with E-state index in [1.807, 2.05) is 14.0 Å². The van der Waals surface area contributed by atoms with Crippen molar-refractivity contribution >= 4 is 0 Å². The lowest BCUT2D eigenvalue weighted by molar-refractivity contribution is 0.605. The van der Waals surface area contributed by atoms with E-state index in [9.17, 15) is 0 Å². The third-order valence-electron chi connectivity index (χ3n) is 2.48. The molecule has 0 amide bonds. The maximum atomic E-state index is 4.47. The first-order valence-electron chi connectivity index (χ1n) is 5.02. The Hall–Kier alpha value is -1.00. The first kappa shape index (κ1) is 9.55. The van der Waals surface area contributed by atoms with Crippen LogP contribution in [0.1, 0.15) is 22.8 Å². The fraction of sp³-hybridized carbons (Fsp3) is 0.600. The van der Waals surface area contributed by atoms with Gasteiger partial charge in [0.1, 0.15) is 5.82 Å². The zero-order valence-electron chi connectivity index (χ0n) is 8.72. The van der Waals surface area contributed by atoms with Crippen LogP contribution in [0.3, 0.4) is 0 Å². The minimum absolute atomic E-state index is 0.839. The van der Waals surface area contributed by atoms with Gasteiger partial charge in [-0.3, -0.25) is 0 Å². The highest BCUT2D eigenvalue weighted by Gasteiger charge is 2.15. The zero-order valence-corrected chi connectivity index (χ0v) is 8.72. The number of nitrogens with zero attached hydrogens (tertiary/aromatic N) is 2. The van der Waals surface area contributed by atoms with Gasteiger partial charge in [0.15, 0.2) is 0 Å². The van der Waals surface area contributed by atoms with Crippen molar-refractivity contribution in [1.82, 2.24) is 20.6 Å². The highest BCUT2D eigenvalue weighted by atomic mass is 15.0. The van der Waals surface area contributed by atoms with E-state index in [0.717, 1.165) is 37.6 Å². The number of nitrogens with one attached hydrogen (secondary N) is 2. The van der Waals surface area contributed by atoms with Gasteiger partial charge in [0.05, 0.1) is 11.4 Å². The normalized spacial score (nSPS) is 15.3. The molecule has 1 aromatic rings. The highest BCUT2D eigenvalue weighted by Crippen LogP contribution is 2.15. The number of aryl methyl sites for hydroxylation is 1. The summed E-state index contributed by atoms with van der Waals surface area (Å²) in [6.07, 6.45) is 1.05. The standard InChI is InChI=1S/C10H16N4/c1-7-13-9(5-11-2)8-3-4-12-6-10(8)14-7/h11-12H,3-6H2,1-2H3. The number of aromatic nitrogens is 2. The molecule has 1 aliphatic heterocycles. The first-order valence-corrected chi connectivity index (χ1v) is 5.02. The molecule has 1 aromatic heterocycles. The van der Waals surface area contributed by atoms with Crippen molar-refractivity contribution < 1.29 is 0 Å². The van der Waals surface area contributed by atoms with Crippen molar-refractivity contribution in [2.24, 2.45) is 0 Å². The molecule has 2 rings (SSSR count). The van der Waals surface area contributed by atoms with E-state index in [1.54, 1.807) is 0 Å². The maximum Gasteiger partial charge on any atom is 0.125 e. The van der Waals surface area contributed by atoms with Crippen molar-refractivity contribution in [2.45, 2.75) is 26.4 Å². The molecule has 0 saturated heterocycles. The highest BCUT2D eigenvalue weighted by molar-refractivity contribution is 5.28. The molecule has 1 aliphatic rings. The van der Waals surface area contributed by atoms with Crippen molar-refractivity contribution in [1.29, 1.82) is 0 Å². The molecular formula is C10H16N4. The molecule has 76 valence electrons. The molecule has 2 heterocycles. The third-order valence-corrected chi connectivity index (χ3v) is 2.48. The average Bonchev–Trinajstić information content (AvgIpc) is 2.18. The lowest BCUT2D eigenvalue weighted by Crippen LogP contribution is -2.27. The van der Waals surface area contributed by atoms with Crippen molar-refractivity contribution in [3.05, 3.63) is 22.8 Å². The Morgan fingerprint density at radius 2 is 2.29 bits per heavy atom. The number of fused-ring (bicyclic) bond motifs is 1. The summed E-state index contributed by atoms with van der Waals surface area (Å²) >= 11 is 0. The molecule has 0 fully saturated rings. The molecule has 2 N–H and O–H groups in total. The summed E-state index contributed by atoms with van der Waals surface area (Å²) in [4.78, 5) is 8.93. The number of hydrogen-bond donors (Lipinski definition) is 2. The van der Waals surface area contributed by atoms with Crippen LogP contribution in [0.25, 0.3) is 0 Å². The summed E-state index contributed by atoms with van der Waals surface area (Å²) in [5, 5.41) is 6.48. The lowest BCUT2D eigenvalue weighted by Gasteiger charge is -2.19. The van der Waals surface area contributed by atoms with Gasteiger partial charge in [-0.2, -0.15) is 0 Å². The third kappa shape index (κ3) is 1.76. The Labute approximate surface area is 84.2 Å². The summed E-state index contributed by atoms with van der Waals surface area (Å²) in [7, 11) is 1.95. The van der Waals surface area contributed by atoms with Gasteiger partial charge in [0.25, 0.3) is 0 Å². The van der Waals surface area contributed by atoms with Crippen LogP contribution < -0.4 is 10.6 Å². The molecule has 14 heavy (non-hydrogen) atoms. The average molecular weight is 192 g/mol. The molecule has 0 aliphatic carbocycles. The van der Waals surface area contributed by atoms with Crippen LogP contribution in [0.4, 0.5) is 0 Å². The van der Waals surface area contributed by atoms with Gasteiger partial charge >= 0.3 is 0 Å². The van der Waals surface area contributed by atoms with E-state index in [0.29, 0.717) is 0 Å². The molecule has 0 saturated carbocycles. The zero-order chi connectivity index (χ0) is 9.97. The Kier molecular flexibility index (Phi) is 2.74. The van der Waals surface area contributed by atoms with Crippen LogP contribution in [-0.4, -0.2) is 23.6 Å². The van der Waals surface area contributed by atoms with Crippen LogP contribution in [0.5, 0.6) is 0 Å². The van der Waals surface area contributed by atoms with E-state index in [4.69, 9.17) is 0 Å². The maximum absolute atomic E-state index is 4.47. The van der Waals surface area contributed by atoms with Gasteiger partial charge in [0, 0.05) is 13.1 Å². The van der Waals surface area contributed by atoms with E-state index in [1.165, 1.54) is 11.3 Å². The number of hydrogen-bond acceptors (Lipinski definition) is 4. The SMILES string of the molecule is CNCc1nc(C)nc2c1CCNC2. The van der Waals surface area contributed by atoms with Gasteiger partial charge in [-0.25, -0.2) is 9.97 Å². The minimum atomic E-state index is 0.839. The largest absolute Gasteiger partial charge is 0.314 e. The van der Waals surface area contributed by atoms with Gasteiger partial charge in [-0.1, -0.05) is 0 Å². The van der Waals surface area contributed by atoms with Gasteiger partial charge in [-0.15, -0.1) is 0 Å². The van der Waals surface area contributed by atoms with Gasteiger partial charge in [-0.05, 0) is 32.5 Å². The fourth-order valence-corrected chi connectivity index (χ4v) is 1.89. The molecule has 0 unspecified atom stereocenters. The Balaban J connectivity index is 2.41. The quantitative estimate of drug-likeness (QED) is 0.700. The molecule has 0 atom stereocenters. The molecule has 4 heteroatoms. The molecule has 0 bridgehead atoms. The Bertz CT molecular complexity index is 335. The van der Waals surface area contributed by atoms with Crippen molar-refractivity contribution in [2.75, 3.05) is 13.6 Å². The smallest absolute Gasteiger partial charge is 0.125 e. The topological polar surface area (TPSA) is 49.8 Å². The summed E-state index contributed by atoms with van der Waals surface area (Å²) in [5.74, 6) is 0.873. The van der Waals surface area contributed by atoms with E-state index in [-0.39, 0.29) is 0 Å². The van der Waals surface area contributed by atoms with Crippen LogP contribution in [0.2, 0.25) is 0 Å². The Morgan fingerprint density at radius 3 is 3.07 bits per heavy atom. The summed E-state index contributed by atoms with van der Waals surface area (Å²) < 4.78 is 0. The molecule has 4 nitrogen and oxygen atoms in total. The first-order chi connectivity index (χ1) is 6.81.